The number of anilines is 1. The Morgan fingerprint density at radius 3 is 2.15 bits per heavy atom. The van der Waals surface area contributed by atoms with Crippen molar-refractivity contribution in [2.24, 2.45) is 5.92 Å². The van der Waals surface area contributed by atoms with Crippen molar-refractivity contribution in [3.63, 3.8) is 0 Å². The van der Waals surface area contributed by atoms with E-state index in [0.29, 0.717) is 28.5 Å². The first kappa shape index (κ1) is 24.3. The molecule has 2 N–H and O–H groups in total. The van der Waals surface area contributed by atoms with Gasteiger partial charge in [-0.25, -0.2) is 5.01 Å². The Balaban J connectivity index is 1.76. The molecule has 10 heteroatoms. The molecule has 2 aromatic rings. The van der Waals surface area contributed by atoms with Crippen LogP contribution < -0.4 is 19.6 Å². The number of hydrazine groups is 1. The van der Waals surface area contributed by atoms with Crippen molar-refractivity contribution in [2.75, 3.05) is 33.8 Å². The topological polar surface area (TPSA) is 101 Å². The van der Waals surface area contributed by atoms with E-state index in [2.05, 4.69) is 28.0 Å². The molecule has 0 aromatic heterocycles. The van der Waals surface area contributed by atoms with E-state index in [4.69, 9.17) is 14.2 Å². The number of carbonyl (C=O) groups is 2. The van der Waals surface area contributed by atoms with Crippen LogP contribution in [0.15, 0.2) is 48.6 Å². The Kier molecular flexibility index (Phi) is 7.01. The van der Waals surface area contributed by atoms with Crippen LogP contribution in [0.1, 0.15) is 11.7 Å². The van der Waals surface area contributed by atoms with Gasteiger partial charge in [0.1, 0.15) is 6.04 Å². The highest BCUT2D eigenvalue weighted by atomic mass is 127. The number of hydrogen-bond donors (Lipinski definition) is 2. The number of amides is 2. The van der Waals surface area contributed by atoms with Crippen LogP contribution in [0.3, 0.4) is 0 Å². The molecular formula is C24H26IN3O6. The predicted octanol–water partition coefficient (Wildman–Crippen LogP) is 2.60. The lowest BCUT2D eigenvalue weighted by atomic mass is 9.90. The van der Waals surface area contributed by atoms with Gasteiger partial charge in [0.25, 0.3) is 0 Å². The summed E-state index contributed by atoms with van der Waals surface area (Å²) in [7, 11) is 6.01. The van der Waals surface area contributed by atoms with Crippen LogP contribution >= 0.6 is 22.6 Å². The normalized spacial score (nSPS) is 23.0. The van der Waals surface area contributed by atoms with Crippen molar-refractivity contribution in [3.05, 3.63) is 57.7 Å². The number of halogens is 1. The molecule has 180 valence electrons. The standard InChI is InChI=1S/C24H26IN3O6/c1-27-23(30)16-9-10-17(21(29)13-5-7-14(25)8-6-13)28(20(16)24(27)31)26-15-11-18(32-2)22(34-4)19(12-15)33-3/h5-12,16-17,20-21,26,29H,1-4H3. The third kappa shape index (κ3) is 4.21. The van der Waals surface area contributed by atoms with Gasteiger partial charge in [-0.05, 0) is 40.3 Å². The van der Waals surface area contributed by atoms with Gasteiger partial charge in [-0.1, -0.05) is 24.3 Å². The van der Waals surface area contributed by atoms with Crippen LogP contribution in [-0.2, 0) is 9.59 Å². The summed E-state index contributed by atoms with van der Waals surface area (Å²) < 4.78 is 17.3. The van der Waals surface area contributed by atoms with Gasteiger partial charge >= 0.3 is 0 Å². The molecule has 2 heterocycles. The molecule has 4 atom stereocenters. The maximum Gasteiger partial charge on any atom is 0.249 e. The molecule has 2 aliphatic heterocycles. The first-order valence-electron chi connectivity index (χ1n) is 10.6. The summed E-state index contributed by atoms with van der Waals surface area (Å²) in [5, 5.41) is 12.9. The van der Waals surface area contributed by atoms with Crippen LogP contribution in [0.4, 0.5) is 5.69 Å². The second-order valence-corrected chi connectivity index (χ2v) is 9.26. The second-order valence-electron chi connectivity index (χ2n) is 8.01. The molecule has 0 aliphatic carbocycles. The van der Waals surface area contributed by atoms with E-state index < -0.39 is 24.1 Å². The largest absolute Gasteiger partial charge is 0.493 e. The van der Waals surface area contributed by atoms with Gasteiger partial charge in [0, 0.05) is 22.8 Å². The average molecular weight is 579 g/mol. The zero-order valence-corrected chi connectivity index (χ0v) is 21.3. The molecule has 0 bridgehead atoms. The van der Waals surface area contributed by atoms with Gasteiger partial charge in [0.15, 0.2) is 11.5 Å². The zero-order chi connectivity index (χ0) is 24.6. The van der Waals surface area contributed by atoms with Crippen LogP contribution in [-0.4, -0.2) is 67.3 Å². The minimum absolute atomic E-state index is 0.287. The highest BCUT2D eigenvalue weighted by Gasteiger charge is 2.52. The lowest BCUT2D eigenvalue weighted by Gasteiger charge is -2.40. The number of methoxy groups -OCH3 is 3. The molecule has 2 aliphatic rings. The molecular weight excluding hydrogens is 553 g/mol. The molecule has 4 unspecified atom stereocenters. The van der Waals surface area contributed by atoms with Gasteiger partial charge in [-0.2, -0.15) is 0 Å². The highest BCUT2D eigenvalue weighted by molar-refractivity contribution is 14.1. The van der Waals surface area contributed by atoms with Crippen LogP contribution in [0.25, 0.3) is 0 Å². The highest BCUT2D eigenvalue weighted by Crippen LogP contribution is 2.41. The number of likely N-dealkylation sites (tertiary alicyclic amines) is 1. The minimum Gasteiger partial charge on any atom is -0.493 e. The van der Waals surface area contributed by atoms with Crippen LogP contribution in [0.2, 0.25) is 0 Å². The SMILES string of the molecule is COc1cc(NN2C(C(O)c3ccc(I)cc3)C=CC3C(=O)N(C)C(=O)C32)cc(OC)c1OC. The van der Waals surface area contributed by atoms with Gasteiger partial charge < -0.3 is 24.7 Å². The predicted molar refractivity (Wildman–Crippen MR) is 134 cm³/mol. The van der Waals surface area contributed by atoms with Crippen LogP contribution in [0.5, 0.6) is 17.2 Å². The lowest BCUT2D eigenvalue weighted by molar-refractivity contribution is -0.138. The Labute approximate surface area is 211 Å². The van der Waals surface area contributed by atoms with E-state index in [0.717, 1.165) is 8.47 Å². The number of carbonyl (C=O) groups excluding carboxylic acids is 2. The summed E-state index contributed by atoms with van der Waals surface area (Å²) in [6, 6.07) is 9.44. The number of nitrogens with one attached hydrogen (secondary N) is 1. The first-order chi connectivity index (χ1) is 16.3. The number of aliphatic hydroxyl groups excluding tert-OH is 1. The summed E-state index contributed by atoms with van der Waals surface area (Å²) >= 11 is 2.20. The molecule has 0 radical (unpaired) electrons. The summed E-state index contributed by atoms with van der Waals surface area (Å²) in [4.78, 5) is 26.9. The summed E-state index contributed by atoms with van der Waals surface area (Å²) in [5.74, 6) is -0.0194. The number of aliphatic hydroxyl groups is 1. The first-order valence-corrected chi connectivity index (χ1v) is 11.7. The van der Waals surface area contributed by atoms with Crippen molar-refractivity contribution < 1.29 is 28.9 Å². The third-order valence-electron chi connectivity index (χ3n) is 6.13. The molecule has 0 spiro atoms. The number of ether oxygens (including phenoxy) is 3. The van der Waals surface area contributed by atoms with Crippen molar-refractivity contribution in [2.45, 2.75) is 18.2 Å². The van der Waals surface area contributed by atoms with Crippen molar-refractivity contribution in [1.82, 2.24) is 9.91 Å². The van der Waals surface area contributed by atoms with Gasteiger partial charge in [-0.3, -0.25) is 14.5 Å². The maximum atomic E-state index is 13.1. The number of nitrogens with zero attached hydrogens (tertiary/aromatic N) is 2. The average Bonchev–Trinajstić information content (AvgIpc) is 3.07. The molecule has 2 aromatic carbocycles. The fourth-order valence-electron chi connectivity index (χ4n) is 4.36. The zero-order valence-electron chi connectivity index (χ0n) is 19.2. The van der Waals surface area contributed by atoms with Gasteiger partial charge in [-0.15, -0.1) is 0 Å². The fourth-order valence-corrected chi connectivity index (χ4v) is 4.72. The number of imide groups is 1. The lowest BCUT2D eigenvalue weighted by Crippen LogP contribution is -2.55. The second kappa shape index (κ2) is 9.80. The molecule has 2 amide bonds. The number of benzene rings is 2. The van der Waals surface area contributed by atoms with E-state index in [1.807, 2.05) is 24.3 Å². The molecule has 34 heavy (non-hydrogen) atoms. The number of likely N-dealkylation sites (N-methyl/N-ethyl adjacent to an activating group) is 1. The molecule has 9 nitrogen and oxygen atoms in total. The van der Waals surface area contributed by atoms with E-state index >= 15 is 0 Å². The van der Waals surface area contributed by atoms with E-state index in [9.17, 15) is 14.7 Å². The number of fused-ring (bicyclic) bond motifs is 1. The summed E-state index contributed by atoms with van der Waals surface area (Å²) in [6.07, 6.45) is 2.51. The minimum atomic E-state index is -0.961. The van der Waals surface area contributed by atoms with Crippen molar-refractivity contribution in [3.8, 4) is 17.2 Å². The molecule has 4 rings (SSSR count). The smallest absolute Gasteiger partial charge is 0.249 e. The maximum absolute atomic E-state index is 13.1. The van der Waals surface area contributed by atoms with Gasteiger partial charge in [0.2, 0.25) is 17.6 Å². The molecule has 1 saturated heterocycles. The Hall–Kier alpha value is -2.83. The number of hydrogen-bond acceptors (Lipinski definition) is 8. The quantitative estimate of drug-likeness (QED) is 0.294. The van der Waals surface area contributed by atoms with E-state index in [1.54, 1.807) is 29.3 Å². The summed E-state index contributed by atoms with van der Waals surface area (Å²) in [6.45, 7) is 0. The fraction of sp³-hybridized carbons (Fsp3) is 0.333. The monoisotopic (exact) mass is 579 g/mol. The molecule has 0 saturated carbocycles. The van der Waals surface area contributed by atoms with Crippen molar-refractivity contribution in [1.29, 1.82) is 0 Å². The van der Waals surface area contributed by atoms with Crippen LogP contribution in [0, 0.1) is 9.49 Å². The Morgan fingerprint density at radius 1 is 0.971 bits per heavy atom. The Bertz CT molecular complexity index is 1100. The Morgan fingerprint density at radius 2 is 1.59 bits per heavy atom. The van der Waals surface area contributed by atoms with Gasteiger partial charge in [0.05, 0.1) is 45.1 Å². The third-order valence-corrected chi connectivity index (χ3v) is 6.85. The summed E-state index contributed by atoms with van der Waals surface area (Å²) in [5.41, 5.74) is 4.47. The van der Waals surface area contributed by atoms with E-state index in [1.165, 1.54) is 28.4 Å². The molecule has 1 fully saturated rings. The number of rotatable bonds is 7. The van der Waals surface area contributed by atoms with E-state index in [-0.39, 0.29) is 11.8 Å². The van der Waals surface area contributed by atoms with Crippen molar-refractivity contribution >= 4 is 40.1 Å².